The summed E-state index contributed by atoms with van der Waals surface area (Å²) in [5.74, 6) is -1.24. The highest BCUT2D eigenvalue weighted by Gasteiger charge is 2.16. The molecule has 0 unspecified atom stereocenters. The van der Waals surface area contributed by atoms with Gasteiger partial charge in [0.1, 0.15) is 24.0 Å². The van der Waals surface area contributed by atoms with Crippen LogP contribution in [0.15, 0.2) is 26.5 Å². The Balaban J connectivity index is 2.61. The average Bonchev–Trinajstić information content (AvgIpc) is 2.72. The average molecular weight is 239 g/mol. The maximum atomic E-state index is 11.5. The number of nitrogens with zero attached hydrogens (tertiary/aromatic N) is 1. The molecule has 0 radical (unpaired) electrons. The van der Waals surface area contributed by atoms with Gasteiger partial charge in [0.2, 0.25) is 0 Å². The quantitative estimate of drug-likeness (QED) is 0.609. The normalized spacial score (nSPS) is 12.8. The molecule has 0 amide bonds. The number of aromatic amines is 1. The first-order valence-electron chi connectivity index (χ1n) is 4.68. The van der Waals surface area contributed by atoms with Crippen molar-refractivity contribution < 1.29 is 14.3 Å². The number of carbonyl (C=O) groups is 1. The number of nitrogens with one attached hydrogen (secondary N) is 1. The lowest BCUT2D eigenvalue weighted by Crippen LogP contribution is -2.40. The lowest BCUT2D eigenvalue weighted by Gasteiger charge is -2.09. The maximum Gasteiger partial charge on any atom is 0.328 e. The van der Waals surface area contributed by atoms with Crippen LogP contribution in [0.3, 0.4) is 0 Å². The van der Waals surface area contributed by atoms with Crippen LogP contribution >= 0.6 is 0 Å². The number of hydrogen-bond donors (Lipinski definition) is 3. The van der Waals surface area contributed by atoms with Crippen LogP contribution in [-0.4, -0.2) is 26.7 Å². The van der Waals surface area contributed by atoms with Gasteiger partial charge in [-0.25, -0.2) is 4.79 Å². The number of aliphatic carboxylic acids is 1. The van der Waals surface area contributed by atoms with Gasteiger partial charge in [0, 0.05) is 0 Å². The van der Waals surface area contributed by atoms with Gasteiger partial charge < -0.3 is 15.3 Å². The van der Waals surface area contributed by atoms with Crippen LogP contribution in [-0.2, 0) is 11.3 Å². The third-order valence-electron chi connectivity index (χ3n) is 2.34. The predicted octanol–water partition coefficient (Wildman–Crippen LogP) is -1.31. The largest absolute Gasteiger partial charge is 0.480 e. The van der Waals surface area contributed by atoms with Crippen LogP contribution in [0.2, 0.25) is 0 Å². The van der Waals surface area contributed by atoms with Gasteiger partial charge in [-0.15, -0.1) is 0 Å². The summed E-state index contributed by atoms with van der Waals surface area (Å²) < 4.78 is 5.87. The van der Waals surface area contributed by atoms with E-state index in [0.717, 1.165) is 4.57 Å². The smallest absolute Gasteiger partial charge is 0.328 e. The van der Waals surface area contributed by atoms with Gasteiger partial charge in [-0.05, 0) is 0 Å². The van der Waals surface area contributed by atoms with E-state index in [9.17, 15) is 14.4 Å². The Morgan fingerprint density at radius 3 is 2.88 bits per heavy atom. The van der Waals surface area contributed by atoms with E-state index in [2.05, 4.69) is 4.98 Å². The first-order chi connectivity index (χ1) is 8.00. The second kappa shape index (κ2) is 3.91. The molecule has 0 saturated heterocycles. The van der Waals surface area contributed by atoms with Gasteiger partial charge in [0.25, 0.3) is 5.56 Å². The molecule has 1 atom stereocenters. The SMILES string of the molecule is N[C@@H](Cn1c(=O)[nH]c(=O)c2cocc21)C(=O)O. The number of nitrogens with two attached hydrogens (primary N) is 1. The van der Waals surface area contributed by atoms with Gasteiger partial charge in [-0.3, -0.25) is 19.1 Å². The van der Waals surface area contributed by atoms with E-state index in [0.29, 0.717) is 0 Å². The molecule has 0 aliphatic heterocycles. The Morgan fingerprint density at radius 2 is 2.24 bits per heavy atom. The van der Waals surface area contributed by atoms with E-state index >= 15 is 0 Å². The molecule has 2 aromatic rings. The molecular formula is C9H9N3O5. The van der Waals surface area contributed by atoms with Crippen molar-refractivity contribution in [1.82, 2.24) is 9.55 Å². The molecule has 0 aliphatic rings. The van der Waals surface area contributed by atoms with Crippen LogP contribution in [0, 0.1) is 0 Å². The van der Waals surface area contributed by atoms with Crippen LogP contribution in [0.1, 0.15) is 0 Å². The van der Waals surface area contributed by atoms with Gasteiger partial charge in [-0.1, -0.05) is 0 Å². The van der Waals surface area contributed by atoms with E-state index in [-0.39, 0.29) is 17.4 Å². The van der Waals surface area contributed by atoms with Crippen LogP contribution in [0.25, 0.3) is 10.9 Å². The summed E-state index contributed by atoms with van der Waals surface area (Å²) in [6.07, 6.45) is 2.37. The Labute approximate surface area is 93.3 Å². The minimum absolute atomic E-state index is 0.169. The van der Waals surface area contributed by atoms with Crippen molar-refractivity contribution in [3.05, 3.63) is 33.4 Å². The summed E-state index contributed by atoms with van der Waals surface area (Å²) in [5.41, 5.74) is 4.25. The fourth-order valence-corrected chi connectivity index (χ4v) is 1.47. The van der Waals surface area contributed by atoms with E-state index in [4.69, 9.17) is 15.3 Å². The van der Waals surface area contributed by atoms with Gasteiger partial charge in [0.15, 0.2) is 0 Å². The summed E-state index contributed by atoms with van der Waals surface area (Å²) >= 11 is 0. The molecule has 8 nitrogen and oxygen atoms in total. The second-order valence-corrected chi connectivity index (χ2v) is 3.49. The zero-order valence-electron chi connectivity index (χ0n) is 8.54. The molecule has 0 aliphatic carbocycles. The highest BCUT2D eigenvalue weighted by atomic mass is 16.4. The van der Waals surface area contributed by atoms with Gasteiger partial charge in [0.05, 0.1) is 12.1 Å². The molecule has 4 N–H and O–H groups in total. The molecule has 2 aromatic heterocycles. The summed E-state index contributed by atoms with van der Waals surface area (Å²) in [6, 6.07) is -1.24. The van der Waals surface area contributed by atoms with Crippen molar-refractivity contribution in [1.29, 1.82) is 0 Å². The van der Waals surface area contributed by atoms with E-state index < -0.39 is 23.3 Å². The van der Waals surface area contributed by atoms with Crippen molar-refractivity contribution in [2.75, 3.05) is 0 Å². The minimum atomic E-state index is -1.24. The highest BCUT2D eigenvalue weighted by Crippen LogP contribution is 2.08. The Hall–Kier alpha value is -2.35. The number of aromatic nitrogens is 2. The Bertz CT molecular complexity index is 680. The number of carboxylic acids is 1. The van der Waals surface area contributed by atoms with Crippen LogP contribution in [0.4, 0.5) is 0 Å². The number of hydrogen-bond acceptors (Lipinski definition) is 5. The van der Waals surface area contributed by atoms with Crippen molar-refractivity contribution in [2.24, 2.45) is 5.73 Å². The predicted molar refractivity (Wildman–Crippen MR) is 56.7 cm³/mol. The molecule has 8 heteroatoms. The van der Waals surface area contributed by atoms with E-state index in [1.54, 1.807) is 0 Å². The molecule has 90 valence electrons. The summed E-state index contributed by atoms with van der Waals surface area (Å²) in [4.78, 5) is 35.6. The lowest BCUT2D eigenvalue weighted by atomic mass is 10.3. The second-order valence-electron chi connectivity index (χ2n) is 3.49. The summed E-state index contributed by atoms with van der Waals surface area (Å²) in [6.45, 7) is -0.249. The van der Waals surface area contributed by atoms with Crippen molar-refractivity contribution in [3.63, 3.8) is 0 Å². The molecule has 0 aromatic carbocycles. The highest BCUT2D eigenvalue weighted by molar-refractivity contribution is 5.77. The third-order valence-corrected chi connectivity index (χ3v) is 2.34. The number of rotatable bonds is 3. The van der Waals surface area contributed by atoms with Crippen molar-refractivity contribution in [2.45, 2.75) is 12.6 Å². The van der Waals surface area contributed by atoms with E-state index in [1.807, 2.05) is 0 Å². The molecule has 0 spiro atoms. The van der Waals surface area contributed by atoms with Crippen molar-refractivity contribution >= 4 is 16.9 Å². The molecular weight excluding hydrogens is 230 g/mol. The zero-order valence-corrected chi connectivity index (χ0v) is 8.54. The summed E-state index contributed by atoms with van der Waals surface area (Å²) in [5, 5.41) is 8.84. The first kappa shape index (κ1) is 11.1. The molecule has 2 heterocycles. The zero-order chi connectivity index (χ0) is 12.6. The molecule has 17 heavy (non-hydrogen) atoms. The van der Waals surface area contributed by atoms with Gasteiger partial charge >= 0.3 is 11.7 Å². The fraction of sp³-hybridized carbons (Fsp3) is 0.222. The van der Waals surface area contributed by atoms with Crippen molar-refractivity contribution in [3.8, 4) is 0 Å². The topological polar surface area (TPSA) is 131 Å². The number of H-pyrrole nitrogens is 1. The molecule has 0 fully saturated rings. The number of furan rings is 1. The maximum absolute atomic E-state index is 11.5. The Kier molecular flexibility index (Phi) is 2.56. The van der Waals surface area contributed by atoms with Crippen LogP contribution in [0.5, 0.6) is 0 Å². The standard InChI is InChI=1S/C9H9N3O5/c10-5(8(14)15)1-12-6-3-17-2-4(6)7(13)11-9(12)16/h2-3,5H,1,10H2,(H,14,15)(H,11,13,16)/t5-/m0/s1. The van der Waals surface area contributed by atoms with Crippen LogP contribution < -0.4 is 17.0 Å². The number of fused-ring (bicyclic) bond motifs is 1. The minimum Gasteiger partial charge on any atom is -0.480 e. The Morgan fingerprint density at radius 1 is 1.53 bits per heavy atom. The fourth-order valence-electron chi connectivity index (χ4n) is 1.47. The molecule has 0 saturated carbocycles. The number of carboxylic acid groups (broad SMARTS) is 1. The lowest BCUT2D eigenvalue weighted by molar-refractivity contribution is -0.138. The van der Waals surface area contributed by atoms with E-state index in [1.165, 1.54) is 12.5 Å². The monoisotopic (exact) mass is 239 g/mol. The first-order valence-corrected chi connectivity index (χ1v) is 4.68. The third kappa shape index (κ3) is 1.85. The molecule has 0 bridgehead atoms. The van der Waals surface area contributed by atoms with Gasteiger partial charge in [-0.2, -0.15) is 0 Å². The molecule has 2 rings (SSSR count). The summed E-state index contributed by atoms with van der Waals surface area (Å²) in [7, 11) is 0.